The third-order valence-corrected chi connectivity index (χ3v) is 2.12. The van der Waals surface area contributed by atoms with Gasteiger partial charge in [-0.3, -0.25) is 0 Å². The summed E-state index contributed by atoms with van der Waals surface area (Å²) in [7, 11) is 0. The molecule has 2 unspecified atom stereocenters. The molecule has 2 atom stereocenters. The van der Waals surface area contributed by atoms with E-state index in [-0.39, 0.29) is 6.61 Å². The molecule has 0 aliphatic carbocycles. The maximum atomic E-state index is 10.5. The minimum atomic E-state index is -1.49. The first-order chi connectivity index (χ1) is 8.79. The summed E-state index contributed by atoms with van der Waals surface area (Å²) in [4.78, 5) is 20.5. The minimum Gasteiger partial charge on any atom is -0.546 e. The smallest absolute Gasteiger partial charge is 0.335 e. The van der Waals surface area contributed by atoms with Crippen LogP contribution in [0.2, 0.25) is 0 Å². The Morgan fingerprint density at radius 2 is 1.95 bits per heavy atom. The van der Waals surface area contributed by atoms with E-state index in [0.717, 1.165) is 20.0 Å². The lowest BCUT2D eigenvalue weighted by Crippen LogP contribution is -2.38. The van der Waals surface area contributed by atoms with Crippen LogP contribution in [0.5, 0.6) is 0 Å². The molecule has 0 radical (unpaired) electrons. The number of likely N-dealkylation sites (N-methyl/N-ethyl adjacent to an activating group) is 1. The third kappa shape index (κ3) is 11.4. The first-order valence-corrected chi connectivity index (χ1v) is 6.03. The molecule has 2 N–H and O–H groups in total. The normalized spacial score (nSPS) is 13.9. The van der Waals surface area contributed by atoms with Crippen LogP contribution in [0.15, 0.2) is 0 Å². The van der Waals surface area contributed by atoms with Crippen LogP contribution in [0, 0.1) is 0 Å². The van der Waals surface area contributed by atoms with E-state index < -0.39 is 24.1 Å². The molecule has 0 heterocycles. The summed E-state index contributed by atoms with van der Waals surface area (Å²) in [5.74, 6) is -2.46. The van der Waals surface area contributed by atoms with Crippen molar-refractivity contribution in [3.05, 3.63) is 0 Å². The number of rotatable bonds is 6. The third-order valence-electron chi connectivity index (χ3n) is 2.12. The van der Waals surface area contributed by atoms with Gasteiger partial charge in [0.1, 0.15) is 31.6 Å². The van der Waals surface area contributed by atoms with Crippen molar-refractivity contribution in [2.75, 3.05) is 19.7 Å². The number of carboxylic acids is 1. The van der Waals surface area contributed by atoms with Gasteiger partial charge in [0, 0.05) is 6.92 Å². The second-order valence-corrected chi connectivity index (χ2v) is 3.68. The van der Waals surface area contributed by atoms with Gasteiger partial charge in [0.05, 0.1) is 5.97 Å². The summed E-state index contributed by atoms with van der Waals surface area (Å²) in [6.07, 6.45) is -0.648. The van der Waals surface area contributed by atoms with Gasteiger partial charge in [-0.05, 0) is 20.8 Å². The largest absolute Gasteiger partial charge is 0.546 e. The molecule has 19 heavy (non-hydrogen) atoms. The number of carbonyl (C=O) groups is 2. The van der Waals surface area contributed by atoms with E-state index in [1.807, 2.05) is 13.1 Å². The lowest BCUT2D eigenvalue weighted by atomic mass is 10.4. The number of ether oxygens (including phenoxy) is 1. The van der Waals surface area contributed by atoms with E-state index in [1.165, 1.54) is 6.92 Å². The summed E-state index contributed by atoms with van der Waals surface area (Å²) >= 11 is 0. The van der Waals surface area contributed by atoms with Crippen LogP contribution in [0.4, 0.5) is 0 Å². The molecule has 112 valence electrons. The predicted molar refractivity (Wildman–Crippen MR) is 66.7 cm³/mol. The first-order valence-electron chi connectivity index (χ1n) is 6.03. The maximum absolute atomic E-state index is 10.5. The van der Waals surface area contributed by atoms with Gasteiger partial charge in [-0.15, -0.1) is 0 Å². The van der Waals surface area contributed by atoms with Crippen molar-refractivity contribution >= 4 is 18.2 Å². The lowest BCUT2D eigenvalue weighted by Gasteiger charge is -2.14. The van der Waals surface area contributed by atoms with Gasteiger partial charge in [-0.1, -0.05) is 0 Å². The molecule has 0 saturated carbocycles. The number of hydrogen-bond acceptors (Lipinski definition) is 6. The number of aliphatic hydroxyl groups is 2. The van der Waals surface area contributed by atoms with Crippen molar-refractivity contribution < 1.29 is 34.2 Å². The van der Waals surface area contributed by atoms with Crippen LogP contribution in [0.25, 0.3) is 0 Å². The van der Waals surface area contributed by atoms with Crippen LogP contribution < -0.4 is 5.11 Å². The Morgan fingerprint density at radius 1 is 1.42 bits per heavy atom. The lowest BCUT2D eigenvalue weighted by molar-refractivity contribution is -0.522. The van der Waals surface area contributed by atoms with E-state index in [2.05, 4.69) is 16.2 Å². The first kappa shape index (κ1) is 19.9. The van der Waals surface area contributed by atoms with Crippen LogP contribution in [0.1, 0.15) is 27.7 Å². The quantitative estimate of drug-likeness (QED) is 0.335. The van der Waals surface area contributed by atoms with Crippen LogP contribution in [-0.4, -0.2) is 64.8 Å². The SMILES string of the molecule is CC(O)C(=O)OC(C)C(=O)[O-].CC=[N+](CC)CCO. The van der Waals surface area contributed by atoms with Crippen molar-refractivity contribution in [1.29, 1.82) is 0 Å². The average Bonchev–Trinajstić information content (AvgIpc) is 2.36. The van der Waals surface area contributed by atoms with Crippen LogP contribution in [-0.2, 0) is 14.3 Å². The standard InChI is InChI=1S/C6H14NO.C6H10O5/c1-3-7(4-2)5-6-8;1-3(7)6(10)11-4(2)5(8)9/h3,8H,4-6H2,1-2H3;3-4,7H,1-2H3,(H,8,9)/q+1;/p-1. The van der Waals surface area contributed by atoms with Crippen LogP contribution in [0.3, 0.4) is 0 Å². The summed E-state index contributed by atoms with van der Waals surface area (Å²) in [5.41, 5.74) is 0. The number of carboxylic acid groups (broad SMARTS) is 1. The van der Waals surface area contributed by atoms with Gasteiger partial charge in [0.25, 0.3) is 0 Å². The van der Waals surface area contributed by atoms with Crippen molar-refractivity contribution in [1.82, 2.24) is 0 Å². The van der Waals surface area contributed by atoms with Crippen molar-refractivity contribution in [3.8, 4) is 0 Å². The topological polar surface area (TPSA) is 110 Å². The molecule has 0 amide bonds. The number of carbonyl (C=O) groups excluding carboxylic acids is 2. The molecule has 7 heteroatoms. The second-order valence-electron chi connectivity index (χ2n) is 3.68. The monoisotopic (exact) mass is 277 g/mol. The zero-order valence-electron chi connectivity index (χ0n) is 11.8. The summed E-state index contributed by atoms with van der Waals surface area (Å²) in [5, 5.41) is 27.0. The van der Waals surface area contributed by atoms with Crippen molar-refractivity contribution in [2.24, 2.45) is 0 Å². The fourth-order valence-corrected chi connectivity index (χ4v) is 0.919. The number of aliphatic carboxylic acids is 1. The van der Waals surface area contributed by atoms with Gasteiger partial charge in [-0.25, -0.2) is 9.37 Å². The van der Waals surface area contributed by atoms with Gasteiger partial charge >= 0.3 is 5.97 Å². The summed E-state index contributed by atoms with van der Waals surface area (Å²) in [6, 6.07) is 0. The van der Waals surface area contributed by atoms with Gasteiger partial charge in [0.15, 0.2) is 6.54 Å². The molecule has 0 rings (SSSR count). The van der Waals surface area contributed by atoms with E-state index in [1.54, 1.807) is 0 Å². The molecule has 0 aromatic heterocycles. The Hall–Kier alpha value is -1.47. The average molecular weight is 277 g/mol. The van der Waals surface area contributed by atoms with Gasteiger partial charge < -0.3 is 24.9 Å². The molecule has 0 aliphatic heterocycles. The number of esters is 1. The minimum absolute atomic E-state index is 0.248. The number of hydrogen-bond donors (Lipinski definition) is 2. The molecule has 0 aliphatic rings. The summed E-state index contributed by atoms with van der Waals surface area (Å²) < 4.78 is 6.28. The highest BCUT2D eigenvalue weighted by Gasteiger charge is 2.14. The molecule has 0 fully saturated rings. The number of aliphatic hydroxyl groups excluding tert-OH is 2. The van der Waals surface area contributed by atoms with Gasteiger partial charge in [0.2, 0.25) is 0 Å². The highest BCUT2D eigenvalue weighted by molar-refractivity contribution is 5.78. The van der Waals surface area contributed by atoms with Gasteiger partial charge in [-0.2, -0.15) is 0 Å². The Balaban J connectivity index is 0. The fraction of sp³-hybridized carbons (Fsp3) is 0.750. The molecule has 0 aromatic carbocycles. The Bertz CT molecular complexity index is 301. The molecule has 0 spiro atoms. The number of nitrogens with zero attached hydrogens (tertiary/aromatic N) is 1. The highest BCUT2D eigenvalue weighted by atomic mass is 16.6. The van der Waals surface area contributed by atoms with E-state index in [0.29, 0.717) is 0 Å². The fourth-order valence-electron chi connectivity index (χ4n) is 0.919. The van der Waals surface area contributed by atoms with E-state index >= 15 is 0 Å². The molecule has 0 aromatic rings. The Kier molecular flexibility index (Phi) is 12.1. The Morgan fingerprint density at radius 3 is 2.16 bits per heavy atom. The van der Waals surface area contributed by atoms with E-state index in [9.17, 15) is 14.7 Å². The maximum Gasteiger partial charge on any atom is 0.335 e. The zero-order chi connectivity index (χ0) is 15.4. The molecular weight excluding hydrogens is 254 g/mol. The molecule has 0 saturated heterocycles. The summed E-state index contributed by atoms with van der Waals surface area (Å²) in [6.45, 7) is 8.36. The second kappa shape index (κ2) is 11.6. The molecule has 0 bridgehead atoms. The zero-order valence-corrected chi connectivity index (χ0v) is 11.8. The highest BCUT2D eigenvalue weighted by Crippen LogP contribution is 1.93. The molecular formula is C12H23NO6. The predicted octanol–water partition coefficient (Wildman–Crippen LogP) is -1.85. The van der Waals surface area contributed by atoms with Crippen molar-refractivity contribution in [2.45, 2.75) is 39.9 Å². The van der Waals surface area contributed by atoms with Crippen molar-refractivity contribution in [3.63, 3.8) is 0 Å². The Labute approximate surface area is 113 Å². The van der Waals surface area contributed by atoms with Crippen LogP contribution >= 0.6 is 0 Å². The van der Waals surface area contributed by atoms with E-state index in [4.69, 9.17) is 10.2 Å². The molecule has 7 nitrogen and oxygen atoms in total.